The molecule has 0 aromatic rings. The molecule has 0 aromatic carbocycles. The summed E-state index contributed by atoms with van der Waals surface area (Å²) in [6, 6.07) is 0. The fourth-order valence-electron chi connectivity index (χ4n) is 2.13. The zero-order chi connectivity index (χ0) is 16.5. The van der Waals surface area contributed by atoms with Crippen molar-refractivity contribution in [3.63, 3.8) is 0 Å². The van der Waals surface area contributed by atoms with Crippen LogP contribution in [0.1, 0.15) is 27.2 Å². The van der Waals surface area contributed by atoms with Gasteiger partial charge < -0.3 is 20.7 Å². The summed E-state index contributed by atoms with van der Waals surface area (Å²) in [5, 5.41) is 11.0. The third kappa shape index (κ3) is 7.52. The number of halogens is 3. The molecule has 0 aliphatic carbocycles. The van der Waals surface area contributed by atoms with Gasteiger partial charge in [-0.15, -0.1) is 0 Å². The Morgan fingerprint density at radius 1 is 1.10 bits per heavy atom. The highest BCUT2D eigenvalue weighted by Crippen LogP contribution is 2.27. The number of rotatable bonds is 10. The molecule has 0 fully saturated rings. The first kappa shape index (κ1) is 20.0. The van der Waals surface area contributed by atoms with Gasteiger partial charge in [-0.05, 0) is 39.1 Å². The van der Waals surface area contributed by atoms with Crippen molar-refractivity contribution >= 4 is 5.84 Å². The Bertz CT molecular complexity index is 306. The number of oxime groups is 1. The molecule has 8 heteroatoms. The lowest BCUT2D eigenvalue weighted by molar-refractivity contribution is -0.160. The van der Waals surface area contributed by atoms with E-state index >= 15 is 0 Å². The Kier molecular flexibility index (Phi) is 9.36. The van der Waals surface area contributed by atoms with E-state index in [4.69, 9.17) is 10.9 Å². The van der Waals surface area contributed by atoms with Gasteiger partial charge in [0.2, 0.25) is 0 Å². The van der Waals surface area contributed by atoms with Crippen LogP contribution in [0.4, 0.5) is 13.2 Å². The Balaban J connectivity index is 4.51. The zero-order valence-corrected chi connectivity index (χ0v) is 13.0. The Hall–Kier alpha value is -1.02. The van der Waals surface area contributed by atoms with E-state index < -0.39 is 17.9 Å². The molecule has 0 bridgehead atoms. The van der Waals surface area contributed by atoms with Gasteiger partial charge >= 0.3 is 6.18 Å². The van der Waals surface area contributed by atoms with Crippen LogP contribution in [0.2, 0.25) is 0 Å². The molecule has 5 nitrogen and oxygen atoms in total. The van der Waals surface area contributed by atoms with Crippen LogP contribution in [0.25, 0.3) is 0 Å². The lowest BCUT2D eigenvalue weighted by Crippen LogP contribution is -2.45. The molecule has 0 radical (unpaired) electrons. The molecule has 3 N–H and O–H groups in total. The van der Waals surface area contributed by atoms with Crippen LogP contribution in [0.5, 0.6) is 0 Å². The molecular formula is C13H27F3N4O. The Morgan fingerprint density at radius 2 is 1.57 bits per heavy atom. The summed E-state index contributed by atoms with van der Waals surface area (Å²) in [4.78, 5) is 3.90. The van der Waals surface area contributed by atoms with Crippen molar-refractivity contribution in [3.8, 4) is 0 Å². The second-order valence-corrected chi connectivity index (χ2v) is 4.89. The summed E-state index contributed by atoms with van der Waals surface area (Å²) in [6.07, 6.45) is -3.72. The van der Waals surface area contributed by atoms with Gasteiger partial charge in [0.25, 0.3) is 0 Å². The molecule has 21 heavy (non-hydrogen) atoms. The van der Waals surface area contributed by atoms with Gasteiger partial charge in [-0.1, -0.05) is 25.9 Å². The van der Waals surface area contributed by atoms with Gasteiger partial charge in [0.05, 0.1) is 0 Å². The SMILES string of the molecule is CCN(CC)CCCN(CC)CC(C(N)=NO)C(F)(F)F. The van der Waals surface area contributed by atoms with Gasteiger partial charge in [-0.2, -0.15) is 13.2 Å². The highest BCUT2D eigenvalue weighted by atomic mass is 19.4. The second-order valence-electron chi connectivity index (χ2n) is 4.89. The van der Waals surface area contributed by atoms with Crippen LogP contribution >= 0.6 is 0 Å². The number of alkyl halides is 3. The van der Waals surface area contributed by atoms with E-state index in [-0.39, 0.29) is 6.54 Å². The number of hydrogen-bond donors (Lipinski definition) is 2. The Labute approximate surface area is 124 Å². The van der Waals surface area contributed by atoms with Gasteiger partial charge in [-0.3, -0.25) is 0 Å². The molecule has 0 rings (SSSR count). The van der Waals surface area contributed by atoms with E-state index in [1.807, 2.05) is 0 Å². The quantitative estimate of drug-likeness (QED) is 0.280. The van der Waals surface area contributed by atoms with Gasteiger partial charge in [0.1, 0.15) is 5.92 Å². The molecule has 1 unspecified atom stereocenters. The van der Waals surface area contributed by atoms with Crippen LogP contribution in [-0.4, -0.2) is 66.3 Å². The smallest absolute Gasteiger partial charge is 0.400 e. The average Bonchev–Trinajstić information content (AvgIpc) is 2.44. The summed E-state index contributed by atoms with van der Waals surface area (Å²) in [7, 11) is 0. The van der Waals surface area contributed by atoms with Crippen molar-refractivity contribution in [2.45, 2.75) is 33.4 Å². The van der Waals surface area contributed by atoms with Crippen LogP contribution in [0.15, 0.2) is 5.16 Å². The summed E-state index contributed by atoms with van der Waals surface area (Å²) in [6.45, 7) is 9.38. The van der Waals surface area contributed by atoms with Crippen LogP contribution in [-0.2, 0) is 0 Å². The van der Waals surface area contributed by atoms with Crippen molar-refractivity contribution in [2.24, 2.45) is 16.8 Å². The van der Waals surface area contributed by atoms with Gasteiger partial charge in [0, 0.05) is 6.54 Å². The minimum Gasteiger partial charge on any atom is -0.409 e. The van der Waals surface area contributed by atoms with E-state index in [2.05, 4.69) is 23.9 Å². The molecule has 0 aliphatic rings. The maximum Gasteiger partial charge on any atom is 0.400 e. The number of nitrogens with zero attached hydrogens (tertiary/aromatic N) is 3. The van der Waals surface area contributed by atoms with Gasteiger partial charge in [-0.25, -0.2) is 0 Å². The summed E-state index contributed by atoms with van der Waals surface area (Å²) in [5.41, 5.74) is 5.17. The summed E-state index contributed by atoms with van der Waals surface area (Å²) < 4.78 is 38.7. The predicted molar refractivity (Wildman–Crippen MR) is 77.5 cm³/mol. The highest BCUT2D eigenvalue weighted by molar-refractivity contribution is 5.83. The van der Waals surface area contributed by atoms with Crippen molar-refractivity contribution in [1.82, 2.24) is 9.80 Å². The summed E-state index contributed by atoms with van der Waals surface area (Å²) in [5.74, 6) is -2.72. The third-order valence-electron chi connectivity index (χ3n) is 3.60. The maximum atomic E-state index is 12.9. The third-order valence-corrected chi connectivity index (χ3v) is 3.60. The normalized spacial score (nSPS) is 15.0. The number of nitrogens with two attached hydrogens (primary N) is 1. The van der Waals surface area contributed by atoms with Crippen molar-refractivity contribution in [1.29, 1.82) is 0 Å². The van der Waals surface area contributed by atoms with E-state index in [0.29, 0.717) is 13.1 Å². The van der Waals surface area contributed by atoms with E-state index in [9.17, 15) is 13.2 Å². The van der Waals surface area contributed by atoms with Crippen LogP contribution < -0.4 is 5.73 Å². The zero-order valence-electron chi connectivity index (χ0n) is 13.0. The fraction of sp³-hybridized carbons (Fsp3) is 0.923. The highest BCUT2D eigenvalue weighted by Gasteiger charge is 2.43. The predicted octanol–water partition coefficient (Wildman–Crippen LogP) is 1.97. The fourth-order valence-corrected chi connectivity index (χ4v) is 2.13. The van der Waals surface area contributed by atoms with E-state index in [1.165, 1.54) is 0 Å². The topological polar surface area (TPSA) is 65.1 Å². The molecule has 0 aliphatic heterocycles. The first-order valence-corrected chi connectivity index (χ1v) is 7.28. The second kappa shape index (κ2) is 9.83. The van der Waals surface area contributed by atoms with Gasteiger partial charge in [0.15, 0.2) is 5.84 Å². The molecule has 0 heterocycles. The maximum absolute atomic E-state index is 12.9. The minimum atomic E-state index is -4.51. The molecular weight excluding hydrogens is 285 g/mol. The molecule has 0 spiro atoms. The summed E-state index contributed by atoms with van der Waals surface area (Å²) >= 11 is 0. The van der Waals surface area contributed by atoms with Crippen molar-refractivity contribution in [3.05, 3.63) is 0 Å². The van der Waals surface area contributed by atoms with E-state index in [0.717, 1.165) is 26.1 Å². The first-order chi connectivity index (χ1) is 9.79. The van der Waals surface area contributed by atoms with Crippen molar-refractivity contribution < 1.29 is 18.4 Å². The molecule has 126 valence electrons. The molecule has 0 saturated heterocycles. The minimum absolute atomic E-state index is 0.284. The largest absolute Gasteiger partial charge is 0.409 e. The lowest BCUT2D eigenvalue weighted by Gasteiger charge is -2.28. The van der Waals surface area contributed by atoms with Crippen molar-refractivity contribution in [2.75, 3.05) is 39.3 Å². The molecule has 1 atom stereocenters. The van der Waals surface area contributed by atoms with E-state index in [1.54, 1.807) is 11.8 Å². The molecule has 0 amide bonds. The Morgan fingerprint density at radius 3 is 1.95 bits per heavy atom. The average molecular weight is 312 g/mol. The van der Waals surface area contributed by atoms with Crippen LogP contribution in [0, 0.1) is 5.92 Å². The van der Waals surface area contributed by atoms with Crippen LogP contribution in [0.3, 0.4) is 0 Å². The monoisotopic (exact) mass is 312 g/mol. The standard InChI is InChI=1S/C13H27F3N4O/c1-4-19(5-2)8-7-9-20(6-3)10-11(12(17)18-21)13(14,15)16/h11,21H,4-10H2,1-3H3,(H2,17,18). The molecule has 0 aromatic heterocycles. The lowest BCUT2D eigenvalue weighted by atomic mass is 10.1. The molecule has 0 saturated carbocycles. The number of hydrogen-bond acceptors (Lipinski definition) is 4. The first-order valence-electron chi connectivity index (χ1n) is 7.28. The number of amidine groups is 1.